The number of nitrogens with one attached hydrogen (secondary N) is 1. The molecule has 1 heterocycles. The van der Waals surface area contributed by atoms with E-state index in [9.17, 15) is 13.2 Å². The SMILES string of the molecule is Cc1ccc(S(=O)(=O)N2CCC(C(=O)NC(CC(C)C)c3ccccc3)CC2)cc1C. The average Bonchev–Trinajstić information content (AvgIpc) is 2.75. The first-order valence-corrected chi connectivity index (χ1v) is 12.5. The molecule has 5 nitrogen and oxygen atoms in total. The lowest BCUT2D eigenvalue weighted by Crippen LogP contribution is -2.43. The first-order valence-electron chi connectivity index (χ1n) is 11.1. The Morgan fingerprint density at radius 2 is 1.68 bits per heavy atom. The van der Waals surface area contributed by atoms with Gasteiger partial charge in [0.05, 0.1) is 10.9 Å². The van der Waals surface area contributed by atoms with Crippen LogP contribution < -0.4 is 5.32 Å². The number of rotatable bonds is 7. The number of carbonyl (C=O) groups excluding carboxylic acids is 1. The topological polar surface area (TPSA) is 66.5 Å². The number of amides is 1. The van der Waals surface area contributed by atoms with E-state index in [4.69, 9.17) is 0 Å². The molecule has 0 aliphatic carbocycles. The van der Waals surface area contributed by atoms with Gasteiger partial charge >= 0.3 is 0 Å². The summed E-state index contributed by atoms with van der Waals surface area (Å²) >= 11 is 0. The number of piperidine rings is 1. The van der Waals surface area contributed by atoms with Crippen molar-refractivity contribution in [1.82, 2.24) is 9.62 Å². The summed E-state index contributed by atoms with van der Waals surface area (Å²) in [6, 6.07) is 15.3. The molecule has 1 fully saturated rings. The fraction of sp³-hybridized carbons (Fsp3) is 0.480. The molecule has 1 aliphatic heterocycles. The summed E-state index contributed by atoms with van der Waals surface area (Å²) in [5.74, 6) is 0.317. The predicted octanol–water partition coefficient (Wildman–Crippen LogP) is 4.61. The monoisotopic (exact) mass is 442 g/mol. The lowest BCUT2D eigenvalue weighted by Gasteiger charge is -2.32. The highest BCUT2D eigenvalue weighted by Crippen LogP contribution is 2.27. The summed E-state index contributed by atoms with van der Waals surface area (Å²) in [6.45, 7) is 8.93. The molecule has 1 amide bonds. The van der Waals surface area contributed by atoms with Crippen LogP contribution >= 0.6 is 0 Å². The molecule has 1 unspecified atom stereocenters. The first-order chi connectivity index (χ1) is 14.7. The van der Waals surface area contributed by atoms with Crippen LogP contribution in [0.25, 0.3) is 0 Å². The summed E-state index contributed by atoms with van der Waals surface area (Å²) in [6.07, 6.45) is 1.95. The Morgan fingerprint density at radius 3 is 2.26 bits per heavy atom. The van der Waals surface area contributed by atoms with E-state index >= 15 is 0 Å². The van der Waals surface area contributed by atoms with Crippen LogP contribution in [-0.2, 0) is 14.8 Å². The normalized spacial score (nSPS) is 16.9. The summed E-state index contributed by atoms with van der Waals surface area (Å²) in [4.78, 5) is 13.3. The maximum atomic E-state index is 13.0. The van der Waals surface area contributed by atoms with E-state index in [1.165, 1.54) is 4.31 Å². The van der Waals surface area contributed by atoms with Crippen molar-refractivity contribution >= 4 is 15.9 Å². The first kappa shape index (κ1) is 23.5. The number of nitrogens with zero attached hydrogens (tertiary/aromatic N) is 1. The Bertz CT molecular complexity index is 995. The largest absolute Gasteiger partial charge is 0.349 e. The molecule has 31 heavy (non-hydrogen) atoms. The van der Waals surface area contributed by atoms with Crippen molar-refractivity contribution in [2.75, 3.05) is 13.1 Å². The van der Waals surface area contributed by atoms with E-state index in [1.54, 1.807) is 12.1 Å². The third-order valence-corrected chi connectivity index (χ3v) is 8.06. The van der Waals surface area contributed by atoms with Crippen LogP contribution in [0.15, 0.2) is 53.4 Å². The van der Waals surface area contributed by atoms with Crippen molar-refractivity contribution in [3.63, 3.8) is 0 Å². The maximum Gasteiger partial charge on any atom is 0.243 e. The lowest BCUT2D eigenvalue weighted by atomic mass is 9.93. The van der Waals surface area contributed by atoms with E-state index in [0.29, 0.717) is 36.7 Å². The third-order valence-electron chi connectivity index (χ3n) is 6.17. The van der Waals surface area contributed by atoms with Crippen LogP contribution in [0.4, 0.5) is 0 Å². The van der Waals surface area contributed by atoms with Crippen molar-refractivity contribution < 1.29 is 13.2 Å². The van der Waals surface area contributed by atoms with E-state index < -0.39 is 10.0 Å². The van der Waals surface area contributed by atoms with Crippen LogP contribution in [0.2, 0.25) is 0 Å². The van der Waals surface area contributed by atoms with Crippen LogP contribution in [0.5, 0.6) is 0 Å². The van der Waals surface area contributed by atoms with Gasteiger partial charge in [-0.3, -0.25) is 4.79 Å². The highest BCUT2D eigenvalue weighted by Gasteiger charge is 2.33. The standard InChI is InChI=1S/C25H34N2O3S/c1-18(2)16-24(21-8-6-5-7-9-21)26-25(28)22-12-14-27(15-13-22)31(29,30)23-11-10-19(3)20(4)17-23/h5-11,17-18,22,24H,12-16H2,1-4H3,(H,26,28). The number of hydrogen-bond acceptors (Lipinski definition) is 3. The second kappa shape index (κ2) is 9.96. The van der Waals surface area contributed by atoms with Crippen LogP contribution in [0.3, 0.4) is 0 Å². The van der Waals surface area contributed by atoms with Crippen LogP contribution in [-0.4, -0.2) is 31.7 Å². The molecule has 2 aromatic rings. The summed E-state index contributed by atoms with van der Waals surface area (Å²) < 4.78 is 27.6. The number of aryl methyl sites for hydroxylation is 2. The zero-order valence-electron chi connectivity index (χ0n) is 19.0. The predicted molar refractivity (Wildman–Crippen MR) is 124 cm³/mol. The van der Waals surface area contributed by atoms with Crippen molar-refractivity contribution in [3.8, 4) is 0 Å². The average molecular weight is 443 g/mol. The smallest absolute Gasteiger partial charge is 0.243 e. The number of benzene rings is 2. The molecule has 2 aromatic carbocycles. The summed E-state index contributed by atoms with van der Waals surface area (Å²) in [7, 11) is -3.53. The Morgan fingerprint density at radius 1 is 1.03 bits per heavy atom. The number of carbonyl (C=O) groups is 1. The highest BCUT2D eigenvalue weighted by atomic mass is 32.2. The van der Waals surface area contributed by atoms with Crippen molar-refractivity contribution in [2.24, 2.45) is 11.8 Å². The van der Waals surface area contributed by atoms with Crippen molar-refractivity contribution in [2.45, 2.75) is 57.9 Å². The zero-order valence-corrected chi connectivity index (χ0v) is 19.8. The maximum absolute atomic E-state index is 13.0. The fourth-order valence-electron chi connectivity index (χ4n) is 4.11. The quantitative estimate of drug-likeness (QED) is 0.681. The molecule has 1 N–H and O–H groups in total. The molecule has 0 spiro atoms. The van der Waals surface area contributed by atoms with E-state index in [0.717, 1.165) is 23.1 Å². The second-order valence-electron chi connectivity index (χ2n) is 9.03. The van der Waals surface area contributed by atoms with Gasteiger partial charge in [0.2, 0.25) is 15.9 Å². The molecule has 0 aromatic heterocycles. The Hall–Kier alpha value is -2.18. The molecule has 1 aliphatic rings. The molecule has 0 bridgehead atoms. The van der Waals surface area contributed by atoms with Gasteiger partial charge in [0, 0.05) is 19.0 Å². The highest BCUT2D eigenvalue weighted by molar-refractivity contribution is 7.89. The molecule has 6 heteroatoms. The molecule has 0 radical (unpaired) electrons. The fourth-order valence-corrected chi connectivity index (χ4v) is 5.66. The number of hydrogen-bond donors (Lipinski definition) is 1. The zero-order chi connectivity index (χ0) is 22.6. The minimum Gasteiger partial charge on any atom is -0.349 e. The van der Waals surface area contributed by atoms with Crippen LogP contribution in [0, 0.1) is 25.7 Å². The minimum absolute atomic E-state index is 0.0222. The second-order valence-corrected chi connectivity index (χ2v) is 11.0. The van der Waals surface area contributed by atoms with Gasteiger partial charge in [-0.25, -0.2) is 8.42 Å². The van der Waals surface area contributed by atoms with Gasteiger partial charge in [-0.1, -0.05) is 50.2 Å². The minimum atomic E-state index is -3.53. The van der Waals surface area contributed by atoms with E-state index in [1.807, 2.05) is 50.2 Å². The molecule has 1 atom stereocenters. The molecular weight excluding hydrogens is 408 g/mol. The van der Waals surface area contributed by atoms with Gasteiger partial charge in [0.15, 0.2) is 0 Å². The van der Waals surface area contributed by atoms with Gasteiger partial charge < -0.3 is 5.32 Å². The number of sulfonamides is 1. The molecule has 0 saturated carbocycles. The van der Waals surface area contributed by atoms with Gasteiger partial charge in [0.25, 0.3) is 0 Å². The Balaban J connectivity index is 1.64. The summed E-state index contributed by atoms with van der Waals surface area (Å²) in [5.41, 5.74) is 3.15. The lowest BCUT2D eigenvalue weighted by molar-refractivity contribution is -0.127. The molecular formula is C25H34N2O3S. The molecule has 3 rings (SSSR count). The molecule has 1 saturated heterocycles. The van der Waals surface area contributed by atoms with Gasteiger partial charge in [-0.05, 0) is 67.9 Å². The van der Waals surface area contributed by atoms with Gasteiger partial charge in [0.1, 0.15) is 0 Å². The summed E-state index contributed by atoms with van der Waals surface area (Å²) in [5, 5.41) is 3.23. The third kappa shape index (κ3) is 5.74. The van der Waals surface area contributed by atoms with E-state index in [-0.39, 0.29) is 17.9 Å². The van der Waals surface area contributed by atoms with Crippen molar-refractivity contribution in [1.29, 1.82) is 0 Å². The van der Waals surface area contributed by atoms with E-state index in [2.05, 4.69) is 19.2 Å². The van der Waals surface area contributed by atoms with Gasteiger partial charge in [-0.15, -0.1) is 0 Å². The molecule has 168 valence electrons. The Labute approximate surface area is 186 Å². The van der Waals surface area contributed by atoms with Crippen LogP contribution in [0.1, 0.15) is 55.8 Å². The Kier molecular flexibility index (Phi) is 7.55. The van der Waals surface area contributed by atoms with Crippen molar-refractivity contribution in [3.05, 3.63) is 65.2 Å². The van der Waals surface area contributed by atoms with Gasteiger partial charge in [-0.2, -0.15) is 4.31 Å².